The molecule has 1 unspecified atom stereocenters. The lowest BCUT2D eigenvalue weighted by Gasteiger charge is -2.10. The second-order valence-corrected chi connectivity index (χ2v) is 4.76. The van der Waals surface area contributed by atoms with Crippen LogP contribution in [0.2, 0.25) is 0 Å². The van der Waals surface area contributed by atoms with Crippen LogP contribution in [0.1, 0.15) is 23.6 Å². The largest absolute Gasteiger partial charge is 0.324 e. The molecule has 3 aromatic rings. The third-order valence-electron chi connectivity index (χ3n) is 3.44. The summed E-state index contributed by atoms with van der Waals surface area (Å²) in [5.74, 6) is 0. The summed E-state index contributed by atoms with van der Waals surface area (Å²) in [4.78, 5) is 0. The van der Waals surface area contributed by atoms with Crippen molar-refractivity contribution in [1.82, 2.24) is 9.61 Å². The summed E-state index contributed by atoms with van der Waals surface area (Å²) in [5, 5.41) is 4.33. The maximum atomic E-state index is 6.30. The number of nitrogens with zero attached hydrogens (tertiary/aromatic N) is 2. The van der Waals surface area contributed by atoms with Crippen LogP contribution in [-0.4, -0.2) is 9.61 Å². The van der Waals surface area contributed by atoms with Crippen molar-refractivity contribution in [2.24, 2.45) is 5.73 Å². The van der Waals surface area contributed by atoms with E-state index in [2.05, 4.69) is 35.4 Å². The van der Waals surface area contributed by atoms with Gasteiger partial charge in [-0.15, -0.1) is 0 Å². The number of hydrogen-bond donors (Lipinski definition) is 1. The molecule has 0 amide bonds. The van der Waals surface area contributed by atoms with Gasteiger partial charge in [-0.25, -0.2) is 4.52 Å². The zero-order valence-corrected chi connectivity index (χ0v) is 10.7. The Bertz CT molecular complexity index is 658. The highest BCUT2D eigenvalue weighted by Gasteiger charge is 2.11. The zero-order valence-electron chi connectivity index (χ0n) is 10.7. The summed E-state index contributed by atoms with van der Waals surface area (Å²) in [7, 11) is 0. The summed E-state index contributed by atoms with van der Waals surface area (Å²) >= 11 is 0. The number of nitrogens with two attached hydrogens (primary N) is 1. The molecular formula is C16H17N3. The van der Waals surface area contributed by atoms with Crippen LogP contribution >= 0.6 is 0 Å². The molecule has 0 aliphatic carbocycles. The van der Waals surface area contributed by atoms with Crippen LogP contribution in [0, 0.1) is 0 Å². The summed E-state index contributed by atoms with van der Waals surface area (Å²) in [6.07, 6.45) is 5.75. The van der Waals surface area contributed by atoms with Gasteiger partial charge in [-0.3, -0.25) is 0 Å². The number of aryl methyl sites for hydroxylation is 1. The number of fused-ring (bicyclic) bond motifs is 1. The Morgan fingerprint density at radius 3 is 2.68 bits per heavy atom. The molecule has 2 aromatic heterocycles. The second kappa shape index (κ2) is 5.24. The van der Waals surface area contributed by atoms with E-state index in [0.29, 0.717) is 0 Å². The van der Waals surface area contributed by atoms with Gasteiger partial charge in [0.1, 0.15) is 0 Å². The molecule has 19 heavy (non-hydrogen) atoms. The van der Waals surface area contributed by atoms with E-state index in [4.69, 9.17) is 5.73 Å². The van der Waals surface area contributed by atoms with Crippen molar-refractivity contribution in [3.8, 4) is 0 Å². The minimum absolute atomic E-state index is 0.0279. The fourth-order valence-corrected chi connectivity index (χ4v) is 2.36. The Hall–Kier alpha value is -2.13. The van der Waals surface area contributed by atoms with Crippen molar-refractivity contribution < 1.29 is 0 Å². The van der Waals surface area contributed by atoms with Gasteiger partial charge in [-0.05, 0) is 30.5 Å². The number of pyridine rings is 1. The zero-order chi connectivity index (χ0) is 13.1. The lowest BCUT2D eigenvalue weighted by molar-refractivity contribution is 0.655. The van der Waals surface area contributed by atoms with E-state index >= 15 is 0 Å². The first-order valence-corrected chi connectivity index (χ1v) is 6.56. The predicted molar refractivity (Wildman–Crippen MR) is 76.9 cm³/mol. The van der Waals surface area contributed by atoms with Gasteiger partial charge < -0.3 is 5.73 Å². The molecular weight excluding hydrogens is 234 g/mol. The third kappa shape index (κ3) is 2.51. The van der Waals surface area contributed by atoms with E-state index < -0.39 is 0 Å². The van der Waals surface area contributed by atoms with E-state index in [9.17, 15) is 0 Å². The molecule has 0 spiro atoms. The van der Waals surface area contributed by atoms with E-state index in [-0.39, 0.29) is 6.04 Å². The van der Waals surface area contributed by atoms with E-state index in [1.807, 2.05) is 35.1 Å². The highest BCUT2D eigenvalue weighted by Crippen LogP contribution is 2.21. The number of aromatic nitrogens is 2. The molecule has 0 fully saturated rings. The average Bonchev–Trinajstić information content (AvgIpc) is 2.90. The normalized spacial score (nSPS) is 12.7. The summed E-state index contributed by atoms with van der Waals surface area (Å²) < 4.78 is 1.87. The first kappa shape index (κ1) is 11.9. The van der Waals surface area contributed by atoms with E-state index in [1.165, 1.54) is 5.56 Å². The van der Waals surface area contributed by atoms with Gasteiger partial charge in [0.25, 0.3) is 0 Å². The average molecular weight is 251 g/mol. The summed E-state index contributed by atoms with van der Waals surface area (Å²) in [6.45, 7) is 0. The van der Waals surface area contributed by atoms with Crippen molar-refractivity contribution in [2.45, 2.75) is 18.9 Å². The van der Waals surface area contributed by atoms with Crippen LogP contribution in [0.5, 0.6) is 0 Å². The Labute approximate surface area is 112 Å². The summed E-state index contributed by atoms with van der Waals surface area (Å²) in [5.41, 5.74) is 9.85. The SMILES string of the molecule is NC(CCc1ccccc1)c1cnn2ccccc12. The third-order valence-corrected chi connectivity index (χ3v) is 3.44. The number of rotatable bonds is 4. The monoisotopic (exact) mass is 251 g/mol. The quantitative estimate of drug-likeness (QED) is 0.774. The van der Waals surface area contributed by atoms with Crippen molar-refractivity contribution in [3.05, 3.63) is 72.1 Å². The molecule has 0 aliphatic heterocycles. The lowest BCUT2D eigenvalue weighted by atomic mass is 10.0. The smallest absolute Gasteiger partial charge is 0.0709 e. The van der Waals surface area contributed by atoms with Gasteiger partial charge in [0.2, 0.25) is 0 Å². The molecule has 3 rings (SSSR count). The van der Waals surface area contributed by atoms with Gasteiger partial charge in [-0.2, -0.15) is 5.10 Å². The van der Waals surface area contributed by atoms with Crippen LogP contribution in [-0.2, 0) is 6.42 Å². The fourth-order valence-electron chi connectivity index (χ4n) is 2.36. The standard InChI is InChI=1S/C16H17N3/c17-15(10-9-13-6-2-1-3-7-13)14-12-18-19-11-5-4-8-16(14)19/h1-8,11-12,15H,9-10,17H2. The van der Waals surface area contributed by atoms with E-state index in [1.54, 1.807) is 0 Å². The molecule has 0 bridgehead atoms. The molecule has 0 aliphatic rings. The first-order valence-electron chi connectivity index (χ1n) is 6.56. The van der Waals surface area contributed by atoms with Gasteiger partial charge in [0.15, 0.2) is 0 Å². The maximum Gasteiger partial charge on any atom is 0.0709 e. The summed E-state index contributed by atoms with van der Waals surface area (Å²) in [6, 6.07) is 16.5. The fraction of sp³-hybridized carbons (Fsp3) is 0.188. The molecule has 2 heterocycles. The Morgan fingerprint density at radius 2 is 1.84 bits per heavy atom. The molecule has 2 N–H and O–H groups in total. The molecule has 3 heteroatoms. The molecule has 0 saturated carbocycles. The van der Waals surface area contributed by atoms with Crippen LogP contribution in [0.3, 0.4) is 0 Å². The van der Waals surface area contributed by atoms with Crippen LogP contribution in [0.15, 0.2) is 60.9 Å². The van der Waals surface area contributed by atoms with Gasteiger partial charge in [-0.1, -0.05) is 36.4 Å². The molecule has 0 saturated heterocycles. The Balaban J connectivity index is 1.75. The van der Waals surface area contributed by atoms with Gasteiger partial charge >= 0.3 is 0 Å². The Kier molecular flexibility index (Phi) is 3.29. The first-order chi connectivity index (χ1) is 9.34. The lowest BCUT2D eigenvalue weighted by Crippen LogP contribution is -2.11. The number of benzene rings is 1. The van der Waals surface area contributed by atoms with Crippen molar-refractivity contribution in [3.63, 3.8) is 0 Å². The van der Waals surface area contributed by atoms with Crippen LogP contribution < -0.4 is 5.73 Å². The molecule has 1 atom stereocenters. The van der Waals surface area contributed by atoms with Crippen molar-refractivity contribution in [2.75, 3.05) is 0 Å². The molecule has 0 radical (unpaired) electrons. The van der Waals surface area contributed by atoms with E-state index in [0.717, 1.165) is 23.9 Å². The maximum absolute atomic E-state index is 6.30. The van der Waals surface area contributed by atoms with Crippen molar-refractivity contribution in [1.29, 1.82) is 0 Å². The number of hydrogen-bond acceptors (Lipinski definition) is 2. The van der Waals surface area contributed by atoms with Crippen LogP contribution in [0.25, 0.3) is 5.52 Å². The topological polar surface area (TPSA) is 43.3 Å². The molecule has 1 aromatic carbocycles. The van der Waals surface area contributed by atoms with Gasteiger partial charge in [0, 0.05) is 17.8 Å². The molecule has 96 valence electrons. The van der Waals surface area contributed by atoms with Gasteiger partial charge in [0.05, 0.1) is 11.7 Å². The highest BCUT2D eigenvalue weighted by molar-refractivity contribution is 5.54. The van der Waals surface area contributed by atoms with Crippen molar-refractivity contribution >= 4 is 5.52 Å². The second-order valence-electron chi connectivity index (χ2n) is 4.76. The Morgan fingerprint density at radius 1 is 1.05 bits per heavy atom. The minimum atomic E-state index is 0.0279. The van der Waals surface area contributed by atoms with Crippen LogP contribution in [0.4, 0.5) is 0 Å². The predicted octanol–water partition coefficient (Wildman–Crippen LogP) is 2.97. The highest BCUT2D eigenvalue weighted by atomic mass is 15.2. The molecule has 3 nitrogen and oxygen atoms in total. The minimum Gasteiger partial charge on any atom is -0.324 e.